The van der Waals surface area contributed by atoms with E-state index in [1.165, 1.54) is 238 Å². The third-order valence-electron chi connectivity index (χ3n) is 15.4. The quantitative estimate of drug-likeness (QED) is 0.0343. The van der Waals surface area contributed by atoms with Gasteiger partial charge >= 0.3 is 17.9 Å². The molecule has 0 aliphatic heterocycles. The van der Waals surface area contributed by atoms with Crippen molar-refractivity contribution in [3.8, 4) is 0 Å². The standard InChI is InChI=1S/C64H124O6/c1-7-59(5)51-45-39-33-27-21-17-13-11-9-10-12-14-20-24-30-37-43-49-55-64(67)70-61(57-69-63(66)54-48-42-36-31-25-26-32-38-44-50-58(3)4)56-68-62(65)53-47-41-35-29-23-19-16-15-18-22-28-34-40-46-52-60(6)8-2/h58-61H,7-57H2,1-6H3/t59?,60?,61-/m0/s1. The fourth-order valence-electron chi connectivity index (χ4n) is 9.82. The molecular formula is C64H124O6. The van der Waals surface area contributed by atoms with Crippen molar-refractivity contribution in [1.29, 1.82) is 0 Å². The largest absolute Gasteiger partial charge is 0.462 e. The molecule has 0 bridgehead atoms. The highest BCUT2D eigenvalue weighted by molar-refractivity contribution is 5.71. The summed E-state index contributed by atoms with van der Waals surface area (Å²) in [6.45, 7) is 13.8. The zero-order valence-electron chi connectivity index (χ0n) is 48.3. The first-order valence-electron chi connectivity index (χ1n) is 31.7. The minimum absolute atomic E-state index is 0.0631. The second-order valence-electron chi connectivity index (χ2n) is 23.0. The van der Waals surface area contributed by atoms with Crippen LogP contribution in [0.1, 0.15) is 356 Å². The summed E-state index contributed by atoms with van der Waals surface area (Å²) in [6.07, 6.45) is 59.5. The van der Waals surface area contributed by atoms with Crippen LogP contribution in [0.2, 0.25) is 0 Å². The monoisotopic (exact) mass is 989 g/mol. The molecule has 70 heavy (non-hydrogen) atoms. The van der Waals surface area contributed by atoms with Gasteiger partial charge in [0.05, 0.1) is 0 Å². The SMILES string of the molecule is CCC(C)CCCCCCCCCCCCCCCCCCCCC(=O)O[C@@H](COC(=O)CCCCCCCCCCCCCCCCC(C)CC)COC(=O)CCCCCCCCCCCC(C)C. The zero-order valence-corrected chi connectivity index (χ0v) is 48.3. The Morgan fingerprint density at radius 1 is 0.286 bits per heavy atom. The highest BCUT2D eigenvalue weighted by Crippen LogP contribution is 2.20. The smallest absolute Gasteiger partial charge is 0.306 e. The summed E-state index contributed by atoms with van der Waals surface area (Å²) in [7, 11) is 0. The molecule has 0 aliphatic carbocycles. The average molecular weight is 990 g/mol. The second-order valence-corrected chi connectivity index (χ2v) is 23.0. The third-order valence-corrected chi connectivity index (χ3v) is 15.4. The van der Waals surface area contributed by atoms with Crippen molar-refractivity contribution in [3.63, 3.8) is 0 Å². The average Bonchev–Trinajstić information content (AvgIpc) is 3.35. The predicted octanol–water partition coefficient (Wildman–Crippen LogP) is 21.1. The molecule has 0 aromatic carbocycles. The van der Waals surface area contributed by atoms with Crippen LogP contribution in [0.5, 0.6) is 0 Å². The van der Waals surface area contributed by atoms with E-state index in [2.05, 4.69) is 41.5 Å². The molecule has 416 valence electrons. The minimum Gasteiger partial charge on any atom is -0.462 e. The molecule has 0 spiro atoms. The highest BCUT2D eigenvalue weighted by atomic mass is 16.6. The fourth-order valence-corrected chi connectivity index (χ4v) is 9.82. The molecule has 2 unspecified atom stereocenters. The van der Waals surface area contributed by atoms with Crippen molar-refractivity contribution in [2.24, 2.45) is 17.8 Å². The van der Waals surface area contributed by atoms with E-state index >= 15 is 0 Å². The maximum Gasteiger partial charge on any atom is 0.306 e. The summed E-state index contributed by atoms with van der Waals surface area (Å²) < 4.78 is 16.9. The Hall–Kier alpha value is -1.59. The lowest BCUT2D eigenvalue weighted by Gasteiger charge is -2.18. The number of ether oxygens (including phenoxy) is 3. The number of rotatable bonds is 57. The van der Waals surface area contributed by atoms with Gasteiger partial charge < -0.3 is 14.2 Å². The highest BCUT2D eigenvalue weighted by Gasteiger charge is 2.19. The zero-order chi connectivity index (χ0) is 51.2. The number of hydrogen-bond acceptors (Lipinski definition) is 6. The van der Waals surface area contributed by atoms with Crippen LogP contribution in [-0.4, -0.2) is 37.2 Å². The van der Waals surface area contributed by atoms with Crippen LogP contribution in [0.15, 0.2) is 0 Å². The topological polar surface area (TPSA) is 78.9 Å². The summed E-state index contributed by atoms with van der Waals surface area (Å²) in [5.41, 5.74) is 0. The van der Waals surface area contributed by atoms with E-state index in [0.29, 0.717) is 19.3 Å². The number of hydrogen-bond donors (Lipinski definition) is 0. The minimum atomic E-state index is -0.764. The van der Waals surface area contributed by atoms with E-state index in [0.717, 1.165) is 75.5 Å². The van der Waals surface area contributed by atoms with Gasteiger partial charge in [-0.3, -0.25) is 14.4 Å². The van der Waals surface area contributed by atoms with Gasteiger partial charge in [0.15, 0.2) is 6.10 Å². The Morgan fingerprint density at radius 3 is 0.743 bits per heavy atom. The van der Waals surface area contributed by atoms with Crippen molar-refractivity contribution < 1.29 is 28.6 Å². The van der Waals surface area contributed by atoms with Crippen molar-refractivity contribution in [3.05, 3.63) is 0 Å². The Balaban J connectivity index is 4.25. The second kappa shape index (κ2) is 55.2. The third kappa shape index (κ3) is 54.2. The van der Waals surface area contributed by atoms with Crippen LogP contribution in [-0.2, 0) is 28.6 Å². The van der Waals surface area contributed by atoms with E-state index in [4.69, 9.17) is 14.2 Å². The molecule has 0 aromatic rings. The van der Waals surface area contributed by atoms with Gasteiger partial charge in [-0.15, -0.1) is 0 Å². The van der Waals surface area contributed by atoms with Gasteiger partial charge in [-0.1, -0.05) is 318 Å². The molecule has 6 heteroatoms. The molecule has 0 fully saturated rings. The number of carbonyl (C=O) groups excluding carboxylic acids is 3. The normalized spacial score (nSPS) is 12.9. The fraction of sp³-hybridized carbons (Fsp3) is 0.953. The van der Waals surface area contributed by atoms with E-state index in [-0.39, 0.29) is 31.1 Å². The first kappa shape index (κ1) is 68.4. The summed E-state index contributed by atoms with van der Waals surface area (Å²) in [6, 6.07) is 0. The van der Waals surface area contributed by atoms with Gasteiger partial charge in [0.2, 0.25) is 0 Å². The molecule has 0 saturated carbocycles. The summed E-state index contributed by atoms with van der Waals surface area (Å²) >= 11 is 0. The van der Waals surface area contributed by atoms with Crippen LogP contribution >= 0.6 is 0 Å². The maximum atomic E-state index is 12.9. The van der Waals surface area contributed by atoms with Crippen LogP contribution < -0.4 is 0 Å². The van der Waals surface area contributed by atoms with E-state index in [1.54, 1.807) is 0 Å². The number of carbonyl (C=O) groups is 3. The summed E-state index contributed by atoms with van der Waals surface area (Å²) in [5.74, 6) is 1.77. The molecular weight excluding hydrogens is 865 g/mol. The van der Waals surface area contributed by atoms with Gasteiger partial charge in [0.1, 0.15) is 13.2 Å². The number of unbranched alkanes of at least 4 members (excludes halogenated alkanes) is 38. The summed E-state index contributed by atoms with van der Waals surface area (Å²) in [4.78, 5) is 38.2. The van der Waals surface area contributed by atoms with Crippen LogP contribution in [0.3, 0.4) is 0 Å². The number of esters is 3. The predicted molar refractivity (Wildman–Crippen MR) is 303 cm³/mol. The van der Waals surface area contributed by atoms with E-state index in [9.17, 15) is 14.4 Å². The van der Waals surface area contributed by atoms with E-state index in [1.807, 2.05) is 0 Å². The molecule has 0 amide bonds. The molecule has 0 aromatic heterocycles. The van der Waals surface area contributed by atoms with Gasteiger partial charge in [-0.2, -0.15) is 0 Å². The van der Waals surface area contributed by atoms with Gasteiger partial charge in [0, 0.05) is 19.3 Å². The molecule has 6 nitrogen and oxygen atoms in total. The van der Waals surface area contributed by atoms with Gasteiger partial charge in [-0.05, 0) is 37.0 Å². The molecule has 0 radical (unpaired) electrons. The van der Waals surface area contributed by atoms with Crippen molar-refractivity contribution >= 4 is 17.9 Å². The van der Waals surface area contributed by atoms with Crippen molar-refractivity contribution in [1.82, 2.24) is 0 Å². The lowest BCUT2D eigenvalue weighted by Crippen LogP contribution is -2.30. The van der Waals surface area contributed by atoms with Gasteiger partial charge in [0.25, 0.3) is 0 Å². The maximum absolute atomic E-state index is 12.9. The Morgan fingerprint density at radius 2 is 0.500 bits per heavy atom. The van der Waals surface area contributed by atoms with Gasteiger partial charge in [-0.25, -0.2) is 0 Å². The molecule has 0 aliphatic rings. The Bertz CT molecular complexity index is 1090. The Kier molecular flexibility index (Phi) is 53.9. The Labute approximate surface area is 438 Å². The molecule has 0 rings (SSSR count). The molecule has 0 N–H and O–H groups in total. The van der Waals surface area contributed by atoms with Crippen LogP contribution in [0.25, 0.3) is 0 Å². The summed E-state index contributed by atoms with van der Waals surface area (Å²) in [5, 5.41) is 0. The van der Waals surface area contributed by atoms with Crippen LogP contribution in [0, 0.1) is 17.8 Å². The first-order valence-corrected chi connectivity index (χ1v) is 31.7. The lowest BCUT2D eigenvalue weighted by molar-refractivity contribution is -0.167. The molecule has 3 atom stereocenters. The van der Waals surface area contributed by atoms with Crippen LogP contribution in [0.4, 0.5) is 0 Å². The molecule has 0 saturated heterocycles. The lowest BCUT2D eigenvalue weighted by atomic mass is 9.99. The first-order chi connectivity index (χ1) is 34.2. The van der Waals surface area contributed by atoms with Crippen molar-refractivity contribution in [2.75, 3.05) is 13.2 Å². The molecule has 0 heterocycles. The van der Waals surface area contributed by atoms with E-state index < -0.39 is 6.10 Å². The van der Waals surface area contributed by atoms with Crippen molar-refractivity contribution in [2.45, 2.75) is 362 Å².